The number of pyridine rings is 1. The highest BCUT2D eigenvalue weighted by Gasteiger charge is 2.29. The SMILES string of the molecule is CN1CCOc2cc(C(=O)N3CCc4c(nn(C)c4-c4cc(F)c(F)c(F)c4)C3)cnc21. The molecule has 0 spiro atoms. The van der Waals surface area contributed by atoms with Gasteiger partial charge in [0.05, 0.1) is 30.0 Å². The van der Waals surface area contributed by atoms with Crippen molar-refractivity contribution >= 4 is 11.7 Å². The lowest BCUT2D eigenvalue weighted by atomic mass is 9.99. The first-order valence-corrected chi connectivity index (χ1v) is 10.2. The first-order chi connectivity index (χ1) is 15.3. The summed E-state index contributed by atoms with van der Waals surface area (Å²) in [5, 5.41) is 4.45. The number of benzene rings is 1. The lowest BCUT2D eigenvalue weighted by Crippen LogP contribution is -2.36. The first-order valence-electron chi connectivity index (χ1n) is 10.2. The van der Waals surface area contributed by atoms with E-state index in [1.54, 1.807) is 18.0 Å². The maximum absolute atomic E-state index is 13.8. The van der Waals surface area contributed by atoms with Crippen LogP contribution in [0.4, 0.5) is 19.0 Å². The molecule has 0 saturated heterocycles. The van der Waals surface area contributed by atoms with E-state index in [2.05, 4.69) is 10.1 Å². The van der Waals surface area contributed by atoms with Gasteiger partial charge in [0.2, 0.25) is 0 Å². The Bertz CT molecular complexity index is 1220. The molecule has 0 aliphatic carbocycles. The topological polar surface area (TPSA) is 63.5 Å². The zero-order valence-corrected chi connectivity index (χ0v) is 17.5. The highest BCUT2D eigenvalue weighted by atomic mass is 19.2. The third kappa shape index (κ3) is 3.26. The number of carbonyl (C=O) groups excluding carboxylic acids is 1. The number of nitrogens with zero attached hydrogens (tertiary/aromatic N) is 5. The molecule has 1 amide bonds. The Morgan fingerprint density at radius 1 is 1.09 bits per heavy atom. The molecule has 0 fully saturated rings. The fraction of sp³-hybridized carbons (Fsp3) is 0.318. The predicted molar refractivity (Wildman–Crippen MR) is 110 cm³/mol. The van der Waals surface area contributed by atoms with Crippen molar-refractivity contribution < 1.29 is 22.7 Å². The van der Waals surface area contributed by atoms with Crippen LogP contribution in [0.2, 0.25) is 0 Å². The summed E-state index contributed by atoms with van der Waals surface area (Å²) in [6.45, 7) is 1.89. The molecular weight excluding hydrogens is 423 g/mol. The van der Waals surface area contributed by atoms with E-state index >= 15 is 0 Å². The van der Waals surface area contributed by atoms with Crippen LogP contribution >= 0.6 is 0 Å². The van der Waals surface area contributed by atoms with Crippen molar-refractivity contribution in [3.63, 3.8) is 0 Å². The number of hydrogen-bond donors (Lipinski definition) is 0. The van der Waals surface area contributed by atoms with E-state index in [1.165, 1.54) is 10.9 Å². The van der Waals surface area contributed by atoms with Crippen molar-refractivity contribution in [2.24, 2.45) is 7.05 Å². The zero-order valence-electron chi connectivity index (χ0n) is 17.5. The van der Waals surface area contributed by atoms with Crippen molar-refractivity contribution in [2.75, 3.05) is 31.6 Å². The van der Waals surface area contributed by atoms with Gasteiger partial charge in [-0.15, -0.1) is 0 Å². The van der Waals surface area contributed by atoms with Gasteiger partial charge in [-0.1, -0.05) is 0 Å². The number of carbonyl (C=O) groups is 1. The smallest absolute Gasteiger partial charge is 0.255 e. The van der Waals surface area contributed by atoms with Gasteiger partial charge >= 0.3 is 0 Å². The van der Waals surface area contributed by atoms with Crippen LogP contribution in [0, 0.1) is 17.5 Å². The summed E-state index contributed by atoms with van der Waals surface area (Å²) in [5.41, 5.74) is 2.56. The number of halogens is 3. The monoisotopic (exact) mass is 443 g/mol. The molecule has 0 unspecified atom stereocenters. The maximum atomic E-state index is 13.8. The number of aromatic nitrogens is 3. The molecule has 5 rings (SSSR count). The fourth-order valence-electron chi connectivity index (χ4n) is 4.27. The van der Waals surface area contributed by atoms with Crippen LogP contribution in [-0.4, -0.2) is 52.3 Å². The van der Waals surface area contributed by atoms with Crippen molar-refractivity contribution in [1.82, 2.24) is 19.7 Å². The van der Waals surface area contributed by atoms with Crippen LogP contribution < -0.4 is 9.64 Å². The van der Waals surface area contributed by atoms with Gasteiger partial charge in [-0.2, -0.15) is 5.10 Å². The summed E-state index contributed by atoms with van der Waals surface area (Å²) in [6.07, 6.45) is 1.98. The summed E-state index contributed by atoms with van der Waals surface area (Å²) in [7, 11) is 3.57. The van der Waals surface area contributed by atoms with Crippen LogP contribution in [0.5, 0.6) is 5.75 Å². The molecule has 0 saturated carbocycles. The predicted octanol–water partition coefficient (Wildman–Crippen LogP) is 2.93. The maximum Gasteiger partial charge on any atom is 0.255 e. The summed E-state index contributed by atoms with van der Waals surface area (Å²) in [6, 6.07) is 3.62. The van der Waals surface area contributed by atoms with E-state index < -0.39 is 17.5 Å². The van der Waals surface area contributed by atoms with Crippen molar-refractivity contribution in [1.29, 1.82) is 0 Å². The van der Waals surface area contributed by atoms with E-state index in [1.807, 2.05) is 11.9 Å². The number of amides is 1. The molecule has 166 valence electrons. The number of anilines is 1. The molecule has 1 aromatic carbocycles. The number of ether oxygens (including phenoxy) is 1. The van der Waals surface area contributed by atoms with Crippen molar-refractivity contribution in [3.8, 4) is 17.0 Å². The second-order valence-electron chi connectivity index (χ2n) is 7.94. The molecule has 32 heavy (non-hydrogen) atoms. The highest BCUT2D eigenvalue weighted by molar-refractivity contribution is 5.95. The standard InChI is InChI=1S/C22H20F3N5O2/c1-28-5-6-32-18-9-13(10-26-21(18)28)22(31)30-4-3-14-17(11-30)27-29(2)20(14)12-7-15(23)19(25)16(24)8-12/h7-10H,3-6,11H2,1-2H3. The summed E-state index contributed by atoms with van der Waals surface area (Å²) < 4.78 is 48.1. The fourth-order valence-corrected chi connectivity index (χ4v) is 4.27. The summed E-state index contributed by atoms with van der Waals surface area (Å²) >= 11 is 0. The van der Waals surface area contributed by atoms with Gasteiger partial charge in [0.1, 0.15) is 6.61 Å². The minimum atomic E-state index is -1.50. The lowest BCUT2D eigenvalue weighted by Gasteiger charge is -2.29. The van der Waals surface area contributed by atoms with Gasteiger partial charge in [0, 0.05) is 38.0 Å². The van der Waals surface area contributed by atoms with Crippen molar-refractivity contribution in [2.45, 2.75) is 13.0 Å². The molecule has 2 aliphatic heterocycles. The number of likely N-dealkylation sites (N-methyl/N-ethyl adjacent to an activating group) is 1. The van der Waals surface area contributed by atoms with Crippen LogP contribution in [0.15, 0.2) is 24.4 Å². The average molecular weight is 443 g/mol. The molecule has 2 aromatic heterocycles. The van der Waals surface area contributed by atoms with Crippen LogP contribution in [0.3, 0.4) is 0 Å². The van der Waals surface area contributed by atoms with Gasteiger partial charge in [-0.3, -0.25) is 9.48 Å². The number of aryl methyl sites for hydroxylation is 1. The first kappa shape index (κ1) is 20.3. The minimum absolute atomic E-state index is 0.200. The number of rotatable bonds is 2. The molecule has 7 nitrogen and oxygen atoms in total. The van der Waals surface area contributed by atoms with Crippen molar-refractivity contribution in [3.05, 3.63) is 58.7 Å². The molecule has 10 heteroatoms. The minimum Gasteiger partial charge on any atom is -0.488 e. The third-order valence-electron chi connectivity index (χ3n) is 5.87. The Morgan fingerprint density at radius 3 is 2.59 bits per heavy atom. The molecule has 0 atom stereocenters. The van der Waals surface area contributed by atoms with E-state index in [9.17, 15) is 18.0 Å². The normalized spacial score (nSPS) is 15.3. The molecule has 3 aromatic rings. The van der Waals surface area contributed by atoms with Crippen LogP contribution in [-0.2, 0) is 20.0 Å². The Kier molecular flexibility index (Phi) is 4.79. The van der Waals surface area contributed by atoms with E-state index in [-0.39, 0.29) is 18.0 Å². The van der Waals surface area contributed by atoms with E-state index in [4.69, 9.17) is 4.74 Å². The quantitative estimate of drug-likeness (QED) is 0.570. The molecular formula is C22H20F3N5O2. The Labute approximate surface area is 182 Å². The van der Waals surface area contributed by atoms with E-state index in [0.29, 0.717) is 48.1 Å². The van der Waals surface area contributed by atoms with Crippen LogP contribution in [0.25, 0.3) is 11.3 Å². The van der Waals surface area contributed by atoms with Gasteiger partial charge in [-0.05, 0) is 24.6 Å². The molecule has 0 N–H and O–H groups in total. The Morgan fingerprint density at radius 2 is 1.84 bits per heavy atom. The summed E-state index contributed by atoms with van der Waals surface area (Å²) in [4.78, 5) is 21.1. The van der Waals surface area contributed by atoms with Gasteiger partial charge in [0.25, 0.3) is 5.91 Å². The molecule has 0 radical (unpaired) electrons. The zero-order chi connectivity index (χ0) is 22.6. The van der Waals surface area contributed by atoms with E-state index in [0.717, 1.165) is 24.2 Å². The number of hydrogen-bond acceptors (Lipinski definition) is 5. The molecule has 0 bridgehead atoms. The molecule has 2 aliphatic rings. The van der Waals surface area contributed by atoms with Crippen LogP contribution in [0.1, 0.15) is 21.6 Å². The molecule has 4 heterocycles. The number of fused-ring (bicyclic) bond motifs is 2. The highest BCUT2D eigenvalue weighted by Crippen LogP contribution is 2.33. The van der Waals surface area contributed by atoms with Gasteiger partial charge in [0.15, 0.2) is 29.0 Å². The van der Waals surface area contributed by atoms with Gasteiger partial charge < -0.3 is 14.5 Å². The van der Waals surface area contributed by atoms with Gasteiger partial charge in [-0.25, -0.2) is 18.2 Å². The second kappa shape index (κ2) is 7.54. The third-order valence-corrected chi connectivity index (χ3v) is 5.87. The Balaban J connectivity index is 1.43. The largest absolute Gasteiger partial charge is 0.488 e. The summed E-state index contributed by atoms with van der Waals surface area (Å²) in [5.74, 6) is -2.94. The second-order valence-corrected chi connectivity index (χ2v) is 7.94. The Hall–Kier alpha value is -3.56. The average Bonchev–Trinajstić information content (AvgIpc) is 3.11. The lowest BCUT2D eigenvalue weighted by molar-refractivity contribution is 0.0731.